The smallest absolute Gasteiger partial charge is 0.277 e. The zero-order chi connectivity index (χ0) is 23.1. The van der Waals surface area contributed by atoms with Crippen LogP contribution in [0.4, 0.5) is 0 Å². The Hall–Kier alpha value is -3.12. The number of ether oxygens (including phenoxy) is 2. The van der Waals surface area contributed by atoms with Crippen molar-refractivity contribution in [3.8, 4) is 5.75 Å². The molecule has 0 unspecified atom stereocenters. The molecule has 0 atom stereocenters. The zero-order valence-corrected chi connectivity index (χ0v) is 19.3. The number of rotatable bonds is 11. The Kier molecular flexibility index (Phi) is 8.06. The van der Waals surface area contributed by atoms with Crippen molar-refractivity contribution in [3.05, 3.63) is 71.4 Å². The van der Waals surface area contributed by atoms with E-state index >= 15 is 0 Å². The van der Waals surface area contributed by atoms with Crippen molar-refractivity contribution < 1.29 is 19.1 Å². The molecule has 0 N–H and O–H groups in total. The number of hydrogen-bond acceptors (Lipinski definition) is 5. The van der Waals surface area contributed by atoms with Crippen LogP contribution in [0.2, 0.25) is 0 Å². The van der Waals surface area contributed by atoms with Gasteiger partial charge in [-0.1, -0.05) is 56.3 Å². The maximum atomic E-state index is 13.3. The number of carbonyl (C=O) groups is 2. The van der Waals surface area contributed by atoms with E-state index in [1.54, 1.807) is 7.11 Å². The van der Waals surface area contributed by atoms with Crippen LogP contribution >= 0.6 is 0 Å². The number of hydrogen-bond donors (Lipinski definition) is 0. The van der Waals surface area contributed by atoms with Crippen molar-refractivity contribution in [1.29, 1.82) is 0 Å². The number of nitrogens with zero attached hydrogens (tertiary/aromatic N) is 2. The van der Waals surface area contributed by atoms with Crippen molar-refractivity contribution in [2.24, 2.45) is 5.92 Å². The van der Waals surface area contributed by atoms with Crippen molar-refractivity contribution in [3.63, 3.8) is 0 Å². The summed E-state index contributed by atoms with van der Waals surface area (Å²) >= 11 is 0. The van der Waals surface area contributed by atoms with Gasteiger partial charge in [-0.3, -0.25) is 14.5 Å². The molecule has 0 saturated carbocycles. The molecule has 0 fully saturated rings. The van der Waals surface area contributed by atoms with Crippen LogP contribution < -0.4 is 4.74 Å². The Bertz CT molecular complexity index is 952. The van der Waals surface area contributed by atoms with Crippen LogP contribution in [0.1, 0.15) is 31.4 Å². The van der Waals surface area contributed by atoms with Crippen LogP contribution in [0.15, 0.2) is 60.3 Å². The summed E-state index contributed by atoms with van der Waals surface area (Å²) in [5.41, 5.74) is 2.63. The number of imide groups is 1. The molecule has 32 heavy (non-hydrogen) atoms. The van der Waals surface area contributed by atoms with Crippen LogP contribution in [-0.2, 0) is 20.9 Å². The average Bonchev–Trinajstić information content (AvgIpc) is 3.03. The van der Waals surface area contributed by atoms with Gasteiger partial charge in [-0.2, -0.15) is 0 Å². The molecule has 0 bridgehead atoms. The van der Waals surface area contributed by atoms with Gasteiger partial charge >= 0.3 is 0 Å². The monoisotopic (exact) mass is 436 g/mol. The van der Waals surface area contributed by atoms with Gasteiger partial charge in [0.15, 0.2) is 0 Å². The summed E-state index contributed by atoms with van der Waals surface area (Å²) in [7, 11) is 3.46. The number of amides is 2. The van der Waals surface area contributed by atoms with Crippen LogP contribution in [0.25, 0.3) is 5.57 Å². The second-order valence-corrected chi connectivity index (χ2v) is 8.40. The van der Waals surface area contributed by atoms with E-state index in [2.05, 4.69) is 13.8 Å². The Morgan fingerprint density at radius 2 is 1.66 bits per heavy atom. The van der Waals surface area contributed by atoms with Crippen LogP contribution in [0.5, 0.6) is 5.75 Å². The van der Waals surface area contributed by atoms with Crippen molar-refractivity contribution in [1.82, 2.24) is 9.80 Å². The summed E-state index contributed by atoms with van der Waals surface area (Å²) in [6.45, 7) is 6.15. The first kappa shape index (κ1) is 23.5. The zero-order valence-electron chi connectivity index (χ0n) is 19.3. The quantitative estimate of drug-likeness (QED) is 0.394. The summed E-state index contributed by atoms with van der Waals surface area (Å²) in [5, 5.41) is 0. The van der Waals surface area contributed by atoms with Gasteiger partial charge in [-0.25, -0.2) is 0 Å². The molecule has 0 aromatic heterocycles. The highest BCUT2D eigenvalue weighted by molar-refractivity contribution is 6.35. The average molecular weight is 437 g/mol. The van der Waals surface area contributed by atoms with Crippen molar-refractivity contribution in [2.45, 2.75) is 26.8 Å². The fourth-order valence-electron chi connectivity index (χ4n) is 3.66. The third-order valence-electron chi connectivity index (χ3n) is 5.24. The third-order valence-corrected chi connectivity index (χ3v) is 5.24. The maximum absolute atomic E-state index is 13.3. The van der Waals surface area contributed by atoms with E-state index in [4.69, 9.17) is 9.47 Å². The standard InChI is InChI=1S/C26H32N2O4/c1-19(2)18-32-22-13-11-21(12-14-22)23-24(27(3)17-20-9-6-5-7-10-20)26(30)28(25(23)29)15-8-16-31-4/h5-7,9-14,19H,8,15-18H2,1-4H3. The van der Waals surface area contributed by atoms with Gasteiger partial charge in [0.25, 0.3) is 11.8 Å². The van der Waals surface area contributed by atoms with Gasteiger partial charge in [0.1, 0.15) is 11.4 Å². The second kappa shape index (κ2) is 11.0. The summed E-state index contributed by atoms with van der Waals surface area (Å²) in [6, 6.07) is 17.3. The molecule has 3 rings (SSSR count). The molecule has 2 amide bonds. The van der Waals surface area contributed by atoms with Crippen LogP contribution in [-0.4, -0.2) is 55.5 Å². The van der Waals surface area contributed by atoms with Gasteiger partial charge in [0.2, 0.25) is 0 Å². The molecule has 0 radical (unpaired) electrons. The van der Waals surface area contributed by atoms with E-state index in [0.29, 0.717) is 55.5 Å². The normalized spacial score (nSPS) is 14.0. The first-order chi connectivity index (χ1) is 15.4. The molecule has 6 heteroatoms. The lowest BCUT2D eigenvalue weighted by atomic mass is 10.0. The van der Waals surface area contributed by atoms with Gasteiger partial charge in [0.05, 0.1) is 12.2 Å². The molecule has 170 valence electrons. The molecule has 1 heterocycles. The lowest BCUT2D eigenvalue weighted by molar-refractivity contribution is -0.137. The minimum Gasteiger partial charge on any atom is -0.493 e. The molecule has 0 spiro atoms. The summed E-state index contributed by atoms with van der Waals surface area (Å²) < 4.78 is 10.9. The summed E-state index contributed by atoms with van der Waals surface area (Å²) in [5.74, 6) is 0.637. The minimum absolute atomic E-state index is 0.264. The molecule has 6 nitrogen and oxygen atoms in total. The predicted octanol–water partition coefficient (Wildman–Crippen LogP) is 3.97. The highest BCUT2D eigenvalue weighted by atomic mass is 16.5. The van der Waals surface area contributed by atoms with Gasteiger partial charge in [-0.05, 0) is 35.6 Å². The topological polar surface area (TPSA) is 59.1 Å². The molecular formula is C26H32N2O4. The fourth-order valence-corrected chi connectivity index (χ4v) is 3.66. The lowest BCUT2D eigenvalue weighted by Gasteiger charge is -2.21. The second-order valence-electron chi connectivity index (χ2n) is 8.40. The number of methoxy groups -OCH3 is 1. The van der Waals surface area contributed by atoms with E-state index < -0.39 is 0 Å². The maximum Gasteiger partial charge on any atom is 0.277 e. The minimum atomic E-state index is -0.267. The van der Waals surface area contributed by atoms with Crippen molar-refractivity contribution in [2.75, 3.05) is 33.9 Å². The molecule has 2 aromatic carbocycles. The predicted molar refractivity (Wildman–Crippen MR) is 125 cm³/mol. The van der Waals surface area contributed by atoms with Gasteiger partial charge in [-0.15, -0.1) is 0 Å². The Balaban J connectivity index is 1.91. The third kappa shape index (κ3) is 5.56. The first-order valence-electron chi connectivity index (χ1n) is 11.0. The van der Waals surface area contributed by atoms with E-state index in [1.807, 2.05) is 66.5 Å². The van der Waals surface area contributed by atoms with Gasteiger partial charge in [0, 0.05) is 33.9 Å². The largest absolute Gasteiger partial charge is 0.493 e. The van der Waals surface area contributed by atoms with Gasteiger partial charge < -0.3 is 14.4 Å². The van der Waals surface area contributed by atoms with E-state index in [-0.39, 0.29) is 11.8 Å². The summed E-state index contributed by atoms with van der Waals surface area (Å²) in [6.07, 6.45) is 0.596. The highest BCUT2D eigenvalue weighted by Gasteiger charge is 2.40. The number of likely N-dealkylation sites (N-methyl/N-ethyl adjacent to an activating group) is 1. The summed E-state index contributed by atoms with van der Waals surface area (Å²) in [4.78, 5) is 29.8. The Labute approximate surface area is 190 Å². The van der Waals surface area contributed by atoms with E-state index in [9.17, 15) is 9.59 Å². The Morgan fingerprint density at radius 3 is 2.28 bits per heavy atom. The first-order valence-corrected chi connectivity index (χ1v) is 11.0. The number of benzene rings is 2. The Morgan fingerprint density at radius 1 is 0.969 bits per heavy atom. The molecule has 2 aromatic rings. The van der Waals surface area contributed by atoms with E-state index in [0.717, 1.165) is 11.3 Å². The van der Waals surface area contributed by atoms with Crippen molar-refractivity contribution >= 4 is 17.4 Å². The molecule has 0 aliphatic carbocycles. The van der Waals surface area contributed by atoms with Crippen LogP contribution in [0.3, 0.4) is 0 Å². The highest BCUT2D eigenvalue weighted by Crippen LogP contribution is 2.32. The van der Waals surface area contributed by atoms with Crippen LogP contribution in [0, 0.1) is 5.92 Å². The molecule has 0 saturated heterocycles. The SMILES string of the molecule is COCCCN1C(=O)C(c2ccc(OCC(C)C)cc2)=C(N(C)Cc2ccccc2)C1=O. The number of carbonyl (C=O) groups excluding carboxylic acids is 2. The molecule has 1 aliphatic rings. The molecular weight excluding hydrogens is 404 g/mol. The lowest BCUT2D eigenvalue weighted by Crippen LogP contribution is -2.35. The molecule has 1 aliphatic heterocycles. The fraction of sp³-hybridized carbons (Fsp3) is 0.385. The van der Waals surface area contributed by atoms with E-state index in [1.165, 1.54) is 4.90 Å².